The Kier molecular flexibility index (Phi) is 6.30. The van der Waals surface area contributed by atoms with E-state index in [0.717, 1.165) is 18.5 Å². The number of nitrogens with one attached hydrogen (secondary N) is 3. The minimum atomic E-state index is -0.356. The number of rotatable bonds is 7. The Balaban J connectivity index is 1.45. The van der Waals surface area contributed by atoms with E-state index in [9.17, 15) is 4.39 Å². The van der Waals surface area contributed by atoms with Crippen LogP contribution in [0.3, 0.4) is 0 Å². The molecule has 27 heavy (non-hydrogen) atoms. The maximum Gasteiger partial charge on any atom is 0.191 e. The van der Waals surface area contributed by atoms with Gasteiger partial charge in [-0.2, -0.15) is 0 Å². The number of fused-ring (bicyclic) bond motifs is 1. The van der Waals surface area contributed by atoms with Crippen molar-refractivity contribution in [3.8, 4) is 5.75 Å². The first-order valence-electron chi connectivity index (χ1n) is 9.08. The SMILES string of the molecule is CN=C(NCCc1c[nH]c2ccccc12)NCC(C)Oc1ccccc1F. The molecule has 2 aromatic carbocycles. The van der Waals surface area contributed by atoms with E-state index in [1.54, 1.807) is 25.2 Å². The van der Waals surface area contributed by atoms with Crippen LogP contribution in [-0.2, 0) is 6.42 Å². The Morgan fingerprint density at radius 1 is 1.15 bits per heavy atom. The molecule has 5 nitrogen and oxygen atoms in total. The quantitative estimate of drug-likeness (QED) is 0.442. The van der Waals surface area contributed by atoms with E-state index in [0.29, 0.717) is 12.5 Å². The molecule has 0 bridgehead atoms. The van der Waals surface area contributed by atoms with Gasteiger partial charge in [0.15, 0.2) is 17.5 Å². The standard InChI is InChI=1S/C21H25FN4O/c1-15(27-20-10-6-4-8-18(20)22)13-26-21(23-2)24-12-11-16-14-25-19-9-5-3-7-17(16)19/h3-10,14-15,25H,11-13H2,1-2H3,(H2,23,24,26). The maximum atomic E-state index is 13.6. The number of halogens is 1. The van der Waals surface area contributed by atoms with Crippen LogP contribution in [-0.4, -0.2) is 37.2 Å². The monoisotopic (exact) mass is 368 g/mol. The van der Waals surface area contributed by atoms with E-state index >= 15 is 0 Å². The second-order valence-electron chi connectivity index (χ2n) is 6.35. The topological polar surface area (TPSA) is 61.4 Å². The molecule has 0 aliphatic rings. The molecule has 0 saturated carbocycles. The summed E-state index contributed by atoms with van der Waals surface area (Å²) in [5.41, 5.74) is 2.42. The fraction of sp³-hybridized carbons (Fsp3) is 0.286. The third-order valence-corrected chi connectivity index (χ3v) is 4.31. The Hall–Kier alpha value is -3.02. The van der Waals surface area contributed by atoms with Crippen LogP contribution in [0.2, 0.25) is 0 Å². The highest BCUT2D eigenvalue weighted by atomic mass is 19.1. The van der Waals surface area contributed by atoms with Gasteiger partial charge in [0.25, 0.3) is 0 Å². The van der Waals surface area contributed by atoms with Crippen LogP contribution in [0.1, 0.15) is 12.5 Å². The third-order valence-electron chi connectivity index (χ3n) is 4.31. The molecule has 0 fully saturated rings. The number of benzene rings is 2. The number of aliphatic imine (C=N–C) groups is 1. The van der Waals surface area contributed by atoms with Gasteiger partial charge in [-0.3, -0.25) is 4.99 Å². The molecular weight excluding hydrogens is 343 g/mol. The summed E-state index contributed by atoms with van der Waals surface area (Å²) in [4.78, 5) is 7.51. The van der Waals surface area contributed by atoms with Gasteiger partial charge in [0.1, 0.15) is 6.10 Å². The Morgan fingerprint density at radius 3 is 2.74 bits per heavy atom. The Morgan fingerprint density at radius 2 is 1.93 bits per heavy atom. The summed E-state index contributed by atoms with van der Waals surface area (Å²) in [6, 6.07) is 14.7. The molecule has 3 N–H and O–H groups in total. The Bertz CT molecular complexity index is 906. The number of nitrogens with zero attached hydrogens (tertiary/aromatic N) is 1. The van der Waals surface area contributed by atoms with Gasteiger partial charge in [-0.05, 0) is 37.1 Å². The molecule has 1 heterocycles. The minimum Gasteiger partial charge on any atom is -0.486 e. The van der Waals surface area contributed by atoms with E-state index in [4.69, 9.17) is 4.74 Å². The maximum absolute atomic E-state index is 13.6. The number of hydrogen-bond acceptors (Lipinski definition) is 2. The summed E-state index contributed by atoms with van der Waals surface area (Å²) >= 11 is 0. The van der Waals surface area contributed by atoms with E-state index in [1.165, 1.54) is 17.0 Å². The van der Waals surface area contributed by atoms with Crippen molar-refractivity contribution in [2.75, 3.05) is 20.1 Å². The normalized spacial score (nSPS) is 12.8. The zero-order chi connectivity index (χ0) is 19.1. The van der Waals surface area contributed by atoms with Crippen molar-refractivity contribution in [2.24, 2.45) is 4.99 Å². The first kappa shape index (κ1) is 18.8. The molecule has 3 rings (SSSR count). The van der Waals surface area contributed by atoms with Gasteiger partial charge in [0.05, 0.1) is 6.54 Å². The molecule has 1 atom stereocenters. The number of ether oxygens (including phenoxy) is 1. The van der Waals surface area contributed by atoms with Gasteiger partial charge in [-0.25, -0.2) is 4.39 Å². The molecule has 0 saturated heterocycles. The predicted octanol–water partition coefficient (Wildman–Crippen LogP) is 3.48. The van der Waals surface area contributed by atoms with Crippen LogP contribution < -0.4 is 15.4 Å². The van der Waals surface area contributed by atoms with Crippen molar-refractivity contribution < 1.29 is 9.13 Å². The van der Waals surface area contributed by atoms with Crippen LogP contribution >= 0.6 is 0 Å². The fourth-order valence-electron chi connectivity index (χ4n) is 2.91. The lowest BCUT2D eigenvalue weighted by molar-refractivity contribution is 0.214. The molecule has 0 aliphatic heterocycles. The van der Waals surface area contributed by atoms with Crippen LogP contribution in [0.15, 0.2) is 59.7 Å². The first-order valence-corrected chi connectivity index (χ1v) is 9.08. The summed E-state index contributed by atoms with van der Waals surface area (Å²) in [5, 5.41) is 7.75. The van der Waals surface area contributed by atoms with Crippen molar-refractivity contribution in [1.29, 1.82) is 0 Å². The summed E-state index contributed by atoms with van der Waals surface area (Å²) < 4.78 is 19.3. The number of guanidine groups is 1. The van der Waals surface area contributed by atoms with Gasteiger partial charge >= 0.3 is 0 Å². The smallest absolute Gasteiger partial charge is 0.191 e. The molecule has 1 aromatic heterocycles. The van der Waals surface area contributed by atoms with E-state index in [2.05, 4.69) is 32.7 Å². The second kappa shape index (κ2) is 9.07. The van der Waals surface area contributed by atoms with E-state index in [-0.39, 0.29) is 17.7 Å². The van der Waals surface area contributed by atoms with Gasteiger partial charge in [0, 0.05) is 30.7 Å². The highest BCUT2D eigenvalue weighted by Crippen LogP contribution is 2.18. The van der Waals surface area contributed by atoms with Crippen LogP contribution in [0.4, 0.5) is 4.39 Å². The average Bonchev–Trinajstić information content (AvgIpc) is 3.09. The molecule has 1 unspecified atom stereocenters. The third kappa shape index (κ3) is 5.00. The molecule has 3 aromatic rings. The number of H-pyrrole nitrogens is 1. The molecule has 142 valence electrons. The molecular formula is C21H25FN4O. The first-order chi connectivity index (χ1) is 13.2. The zero-order valence-electron chi connectivity index (χ0n) is 15.6. The van der Waals surface area contributed by atoms with Gasteiger partial charge in [0.2, 0.25) is 0 Å². The highest BCUT2D eigenvalue weighted by Gasteiger charge is 2.09. The van der Waals surface area contributed by atoms with Gasteiger partial charge < -0.3 is 20.4 Å². The largest absolute Gasteiger partial charge is 0.486 e. The van der Waals surface area contributed by atoms with Crippen molar-refractivity contribution in [1.82, 2.24) is 15.6 Å². The second-order valence-corrected chi connectivity index (χ2v) is 6.35. The highest BCUT2D eigenvalue weighted by molar-refractivity contribution is 5.83. The minimum absolute atomic E-state index is 0.200. The van der Waals surface area contributed by atoms with E-state index in [1.807, 2.05) is 25.3 Å². The van der Waals surface area contributed by atoms with E-state index < -0.39 is 0 Å². The van der Waals surface area contributed by atoms with Crippen molar-refractivity contribution in [3.05, 3.63) is 66.1 Å². The van der Waals surface area contributed by atoms with Crippen LogP contribution in [0.25, 0.3) is 10.9 Å². The predicted molar refractivity (Wildman–Crippen MR) is 108 cm³/mol. The van der Waals surface area contributed by atoms with Crippen molar-refractivity contribution in [3.63, 3.8) is 0 Å². The lowest BCUT2D eigenvalue weighted by Crippen LogP contribution is -2.42. The fourth-order valence-corrected chi connectivity index (χ4v) is 2.91. The van der Waals surface area contributed by atoms with Crippen LogP contribution in [0, 0.1) is 5.82 Å². The molecule has 0 amide bonds. The summed E-state index contributed by atoms with van der Waals surface area (Å²) in [6.45, 7) is 3.16. The zero-order valence-corrected chi connectivity index (χ0v) is 15.6. The lowest BCUT2D eigenvalue weighted by atomic mass is 10.1. The lowest BCUT2D eigenvalue weighted by Gasteiger charge is -2.18. The molecule has 0 spiro atoms. The average molecular weight is 368 g/mol. The Labute approximate surface area is 158 Å². The van der Waals surface area contributed by atoms with Crippen LogP contribution in [0.5, 0.6) is 5.75 Å². The molecule has 6 heteroatoms. The van der Waals surface area contributed by atoms with Gasteiger partial charge in [-0.15, -0.1) is 0 Å². The molecule has 0 radical (unpaired) electrons. The molecule has 0 aliphatic carbocycles. The van der Waals surface area contributed by atoms with Crippen molar-refractivity contribution >= 4 is 16.9 Å². The number of aromatic amines is 1. The summed E-state index contributed by atoms with van der Waals surface area (Å²) in [5.74, 6) is 0.596. The van der Waals surface area contributed by atoms with Gasteiger partial charge in [-0.1, -0.05) is 30.3 Å². The number of aromatic nitrogens is 1. The van der Waals surface area contributed by atoms with Crippen molar-refractivity contribution in [2.45, 2.75) is 19.4 Å². The summed E-state index contributed by atoms with van der Waals surface area (Å²) in [7, 11) is 1.73. The number of hydrogen-bond donors (Lipinski definition) is 3. The summed E-state index contributed by atoms with van der Waals surface area (Å²) in [6.07, 6.45) is 2.73. The number of para-hydroxylation sites is 2.